The fraction of sp³-hybridized carbons (Fsp3) is 0.300. The van der Waals surface area contributed by atoms with E-state index in [2.05, 4.69) is 10.5 Å². The second-order valence-electron chi connectivity index (χ2n) is 6.01. The van der Waals surface area contributed by atoms with E-state index in [4.69, 9.17) is 9.47 Å². The van der Waals surface area contributed by atoms with Gasteiger partial charge in [0.25, 0.3) is 5.91 Å². The first-order chi connectivity index (χ1) is 12.9. The van der Waals surface area contributed by atoms with Crippen LogP contribution in [0.2, 0.25) is 0 Å². The summed E-state index contributed by atoms with van der Waals surface area (Å²) in [5.41, 5.74) is 4.29. The molecule has 7 heteroatoms. The molecule has 0 bridgehead atoms. The molecule has 144 valence electrons. The van der Waals surface area contributed by atoms with Crippen LogP contribution in [0.25, 0.3) is 0 Å². The summed E-state index contributed by atoms with van der Waals surface area (Å²) in [7, 11) is 3.36. The number of hydrazone groups is 1. The van der Waals surface area contributed by atoms with E-state index >= 15 is 0 Å². The minimum Gasteiger partial charge on any atom is -0.490 e. The Bertz CT molecular complexity index is 792. The number of carbonyl (C=O) groups is 1. The number of nitrogens with zero attached hydrogens (tertiary/aromatic N) is 2. The van der Waals surface area contributed by atoms with Crippen LogP contribution in [0.15, 0.2) is 47.6 Å². The average Bonchev–Trinajstić information content (AvgIpc) is 2.64. The summed E-state index contributed by atoms with van der Waals surface area (Å²) < 4.78 is 24.3. The lowest BCUT2D eigenvalue weighted by atomic mass is 10.2. The summed E-state index contributed by atoms with van der Waals surface area (Å²) in [6, 6.07) is 11.2. The van der Waals surface area contributed by atoms with Gasteiger partial charge in [-0.25, -0.2) is 4.39 Å². The Kier molecular flexibility index (Phi) is 7.16. The summed E-state index contributed by atoms with van der Waals surface area (Å²) in [5.74, 6) is 0.583. The Morgan fingerprint density at radius 3 is 2.56 bits per heavy atom. The van der Waals surface area contributed by atoms with E-state index in [0.29, 0.717) is 23.8 Å². The smallest absolute Gasteiger partial charge is 0.262 e. The molecule has 6 nitrogen and oxygen atoms in total. The van der Waals surface area contributed by atoms with E-state index in [-0.39, 0.29) is 11.7 Å². The van der Waals surface area contributed by atoms with Gasteiger partial charge in [-0.2, -0.15) is 5.10 Å². The SMILES string of the molecule is CCOc1cc(/C=N\Nc2ccc(F)cc2)ccc1O[C@H](C)C(=O)N(C)C. The lowest BCUT2D eigenvalue weighted by Gasteiger charge is -2.20. The summed E-state index contributed by atoms with van der Waals surface area (Å²) in [4.78, 5) is 13.5. The monoisotopic (exact) mass is 373 g/mol. The number of benzene rings is 2. The van der Waals surface area contributed by atoms with Gasteiger partial charge in [0, 0.05) is 14.1 Å². The molecule has 2 aromatic rings. The van der Waals surface area contributed by atoms with Gasteiger partial charge in [-0.15, -0.1) is 0 Å². The van der Waals surface area contributed by atoms with Crippen LogP contribution in [-0.2, 0) is 4.79 Å². The van der Waals surface area contributed by atoms with E-state index in [1.807, 2.05) is 6.92 Å². The van der Waals surface area contributed by atoms with Crippen LogP contribution in [0.4, 0.5) is 10.1 Å². The standard InChI is InChI=1S/C20H24FN3O3/c1-5-26-19-12-15(13-22-23-17-9-7-16(21)8-10-17)6-11-18(19)27-14(2)20(25)24(3)4/h6-14,23H,5H2,1-4H3/b22-13-/t14-/m1/s1. The first-order valence-corrected chi connectivity index (χ1v) is 8.60. The van der Waals surface area contributed by atoms with Gasteiger partial charge in [0.05, 0.1) is 18.5 Å². The number of hydrogen-bond donors (Lipinski definition) is 1. The van der Waals surface area contributed by atoms with Crippen molar-refractivity contribution in [3.8, 4) is 11.5 Å². The minimum absolute atomic E-state index is 0.133. The third-order valence-corrected chi connectivity index (χ3v) is 3.61. The molecule has 0 aliphatic rings. The van der Waals surface area contributed by atoms with Crippen molar-refractivity contribution in [3.63, 3.8) is 0 Å². The maximum absolute atomic E-state index is 12.9. The number of carbonyl (C=O) groups excluding carboxylic acids is 1. The van der Waals surface area contributed by atoms with Crippen molar-refractivity contribution in [3.05, 3.63) is 53.8 Å². The van der Waals surface area contributed by atoms with Gasteiger partial charge in [0.2, 0.25) is 0 Å². The minimum atomic E-state index is -0.626. The van der Waals surface area contributed by atoms with Crippen molar-refractivity contribution in [2.75, 3.05) is 26.1 Å². The molecule has 0 aromatic heterocycles. The largest absolute Gasteiger partial charge is 0.490 e. The Labute approximate surface area is 158 Å². The van der Waals surface area contributed by atoms with Gasteiger partial charge in [-0.1, -0.05) is 0 Å². The summed E-state index contributed by atoms with van der Waals surface area (Å²) in [6.07, 6.45) is 0.989. The van der Waals surface area contributed by atoms with Gasteiger partial charge in [0.15, 0.2) is 17.6 Å². The van der Waals surface area contributed by atoms with Gasteiger partial charge in [-0.3, -0.25) is 10.2 Å². The average molecular weight is 373 g/mol. The number of nitrogens with one attached hydrogen (secondary N) is 1. The highest BCUT2D eigenvalue weighted by molar-refractivity contribution is 5.82. The number of rotatable bonds is 8. The zero-order chi connectivity index (χ0) is 19.8. The fourth-order valence-electron chi connectivity index (χ4n) is 2.28. The second kappa shape index (κ2) is 9.56. The molecule has 2 aromatic carbocycles. The van der Waals surface area contributed by atoms with E-state index in [0.717, 1.165) is 5.56 Å². The Morgan fingerprint density at radius 1 is 1.22 bits per heavy atom. The molecule has 2 rings (SSSR count). The number of amides is 1. The number of anilines is 1. The Balaban J connectivity index is 2.10. The fourth-order valence-corrected chi connectivity index (χ4v) is 2.28. The van der Waals surface area contributed by atoms with Crippen molar-refractivity contribution in [1.82, 2.24) is 4.90 Å². The normalized spacial score (nSPS) is 11.9. The predicted molar refractivity (Wildman–Crippen MR) is 104 cm³/mol. The first-order valence-electron chi connectivity index (χ1n) is 8.60. The number of halogens is 1. The summed E-state index contributed by atoms with van der Waals surface area (Å²) in [6.45, 7) is 4.02. The van der Waals surface area contributed by atoms with E-state index in [9.17, 15) is 9.18 Å². The van der Waals surface area contributed by atoms with Crippen molar-refractivity contribution >= 4 is 17.8 Å². The summed E-state index contributed by atoms with van der Waals surface area (Å²) in [5, 5.41) is 4.13. The molecule has 0 aliphatic heterocycles. The van der Waals surface area contributed by atoms with Gasteiger partial charge < -0.3 is 14.4 Å². The van der Waals surface area contributed by atoms with Crippen molar-refractivity contribution in [2.24, 2.45) is 5.10 Å². The van der Waals surface area contributed by atoms with Crippen LogP contribution in [0.1, 0.15) is 19.4 Å². The molecule has 0 saturated carbocycles. The third kappa shape index (κ3) is 5.99. The Hall–Kier alpha value is -3.09. The van der Waals surface area contributed by atoms with E-state index < -0.39 is 6.10 Å². The van der Waals surface area contributed by atoms with Crippen LogP contribution in [0.5, 0.6) is 11.5 Å². The molecule has 0 spiro atoms. The molecule has 0 fully saturated rings. The maximum Gasteiger partial charge on any atom is 0.262 e. The number of hydrogen-bond acceptors (Lipinski definition) is 5. The first kappa shape index (κ1) is 20.2. The molecule has 0 saturated heterocycles. The maximum atomic E-state index is 12.9. The summed E-state index contributed by atoms with van der Waals surface area (Å²) >= 11 is 0. The molecular formula is C20H24FN3O3. The van der Waals surface area contributed by atoms with Gasteiger partial charge in [0.1, 0.15) is 5.82 Å². The zero-order valence-electron chi connectivity index (χ0n) is 15.9. The molecule has 0 heterocycles. The van der Waals surface area contributed by atoms with Gasteiger partial charge in [-0.05, 0) is 61.9 Å². The molecule has 1 N–H and O–H groups in total. The van der Waals surface area contributed by atoms with E-state index in [1.165, 1.54) is 17.0 Å². The molecule has 0 unspecified atom stereocenters. The highest BCUT2D eigenvalue weighted by Gasteiger charge is 2.18. The number of likely N-dealkylation sites (N-methyl/N-ethyl adjacent to an activating group) is 1. The van der Waals surface area contributed by atoms with Crippen LogP contribution < -0.4 is 14.9 Å². The number of ether oxygens (including phenoxy) is 2. The van der Waals surface area contributed by atoms with Crippen molar-refractivity contribution in [2.45, 2.75) is 20.0 Å². The quantitative estimate of drug-likeness (QED) is 0.568. The molecule has 1 atom stereocenters. The molecule has 27 heavy (non-hydrogen) atoms. The highest BCUT2D eigenvalue weighted by atomic mass is 19.1. The molecule has 0 aliphatic carbocycles. The van der Waals surface area contributed by atoms with Gasteiger partial charge >= 0.3 is 0 Å². The van der Waals surface area contributed by atoms with Crippen LogP contribution in [-0.4, -0.2) is 43.8 Å². The lowest BCUT2D eigenvalue weighted by molar-refractivity contribution is -0.135. The third-order valence-electron chi connectivity index (χ3n) is 3.61. The van der Waals surface area contributed by atoms with Crippen molar-refractivity contribution in [1.29, 1.82) is 0 Å². The predicted octanol–water partition coefficient (Wildman–Crippen LogP) is 3.53. The Morgan fingerprint density at radius 2 is 1.93 bits per heavy atom. The molecular weight excluding hydrogens is 349 g/mol. The molecule has 0 radical (unpaired) electrons. The highest BCUT2D eigenvalue weighted by Crippen LogP contribution is 2.29. The topological polar surface area (TPSA) is 63.2 Å². The van der Waals surface area contributed by atoms with Crippen LogP contribution in [0.3, 0.4) is 0 Å². The van der Waals surface area contributed by atoms with Crippen molar-refractivity contribution < 1.29 is 18.7 Å². The van der Waals surface area contributed by atoms with Crippen LogP contribution >= 0.6 is 0 Å². The molecule has 1 amide bonds. The van der Waals surface area contributed by atoms with E-state index in [1.54, 1.807) is 57.6 Å². The lowest BCUT2D eigenvalue weighted by Crippen LogP contribution is -2.35. The second-order valence-corrected chi connectivity index (χ2v) is 6.01. The van der Waals surface area contributed by atoms with Crippen LogP contribution in [0, 0.1) is 5.82 Å². The zero-order valence-corrected chi connectivity index (χ0v) is 15.9.